The van der Waals surface area contributed by atoms with E-state index in [1.807, 2.05) is 13.0 Å². The van der Waals surface area contributed by atoms with Crippen LogP contribution in [-0.2, 0) is 14.1 Å². The van der Waals surface area contributed by atoms with Gasteiger partial charge in [-0.2, -0.15) is 0 Å². The van der Waals surface area contributed by atoms with E-state index in [0.717, 1.165) is 16.9 Å². The lowest BCUT2D eigenvalue weighted by atomic mass is 10.2. The molecule has 5 nitrogen and oxygen atoms in total. The predicted octanol–water partition coefficient (Wildman–Crippen LogP) is 6.51. The monoisotopic (exact) mass is 461 g/mol. The van der Waals surface area contributed by atoms with Crippen LogP contribution in [-0.4, -0.2) is 18.1 Å². The second kappa shape index (κ2) is 10.0. The van der Waals surface area contributed by atoms with E-state index < -0.39 is 18.7 Å². The highest BCUT2D eigenvalue weighted by atomic mass is 35.5. The number of ether oxygens (including phenoxy) is 1. The van der Waals surface area contributed by atoms with Crippen molar-refractivity contribution in [1.29, 1.82) is 0 Å². The maximum Gasteiger partial charge on any atom is 0.379 e. The Morgan fingerprint density at radius 1 is 1.11 bits per heavy atom. The number of nitrogens with one attached hydrogen (secondary N) is 1. The fourth-order valence-corrected chi connectivity index (χ4v) is 6.80. The minimum Gasteiger partial charge on any atom is -0.462 e. The number of rotatable bonds is 8. The molecule has 0 fully saturated rings. The number of benzene rings is 2. The van der Waals surface area contributed by atoms with Gasteiger partial charge in [0.15, 0.2) is 0 Å². The molecule has 9 heteroatoms. The zero-order valence-corrected chi connectivity index (χ0v) is 19.2. The Bertz CT molecular complexity index is 880. The molecule has 0 heterocycles. The molecule has 0 aromatic heterocycles. The molecule has 0 amide bonds. The van der Waals surface area contributed by atoms with Gasteiger partial charge in [0.25, 0.3) is 0 Å². The molecular weight excluding hydrogens is 440 g/mol. The number of esters is 1. The fraction of sp³-hybridized carbons (Fsp3) is 0.316. The van der Waals surface area contributed by atoms with Gasteiger partial charge in [0.2, 0.25) is 0 Å². The molecule has 152 valence electrons. The Morgan fingerprint density at radius 2 is 1.75 bits per heavy atom. The molecule has 0 aliphatic rings. The van der Waals surface area contributed by atoms with Crippen molar-refractivity contribution in [2.75, 3.05) is 0 Å². The smallest absolute Gasteiger partial charge is 0.379 e. The number of carbonyl (C=O) groups is 1. The molecule has 1 N–H and O–H groups in total. The fourth-order valence-electron chi connectivity index (χ4n) is 2.14. The van der Waals surface area contributed by atoms with Crippen molar-refractivity contribution in [2.24, 2.45) is 0 Å². The summed E-state index contributed by atoms with van der Waals surface area (Å²) in [6, 6.07) is 11.2. The number of hydrogen-bond donors (Lipinski definition) is 1. The van der Waals surface area contributed by atoms with Gasteiger partial charge in [0.1, 0.15) is 11.8 Å². The summed E-state index contributed by atoms with van der Waals surface area (Å²) in [6.07, 6.45) is -0.288. The van der Waals surface area contributed by atoms with Crippen LogP contribution in [0.1, 0.15) is 26.3 Å². The number of aryl methyl sites for hydroxylation is 1. The van der Waals surface area contributed by atoms with E-state index in [2.05, 4.69) is 5.09 Å². The quantitative estimate of drug-likeness (QED) is 0.356. The third kappa shape index (κ3) is 6.71. The van der Waals surface area contributed by atoms with E-state index in [4.69, 9.17) is 32.5 Å². The van der Waals surface area contributed by atoms with Crippen LogP contribution in [0.25, 0.3) is 0 Å². The van der Waals surface area contributed by atoms with Crippen LogP contribution >= 0.6 is 41.3 Å². The molecule has 0 aliphatic heterocycles. The third-order valence-corrected chi connectivity index (χ3v) is 8.07. The van der Waals surface area contributed by atoms with Crippen molar-refractivity contribution in [2.45, 2.75) is 44.7 Å². The van der Waals surface area contributed by atoms with Gasteiger partial charge in [0.05, 0.1) is 11.1 Å². The first-order valence-corrected chi connectivity index (χ1v) is 12.4. The van der Waals surface area contributed by atoms with E-state index in [1.54, 1.807) is 57.2 Å². The third-order valence-electron chi connectivity index (χ3n) is 3.46. The highest BCUT2D eigenvalue weighted by Gasteiger charge is 2.33. The van der Waals surface area contributed by atoms with Crippen LogP contribution in [0.2, 0.25) is 10.0 Å². The second-order valence-corrected chi connectivity index (χ2v) is 11.2. The van der Waals surface area contributed by atoms with Crippen LogP contribution in [0.5, 0.6) is 5.75 Å². The lowest BCUT2D eigenvalue weighted by Crippen LogP contribution is -2.35. The summed E-state index contributed by atoms with van der Waals surface area (Å²) in [6.45, 7) is 3.22. The van der Waals surface area contributed by atoms with E-state index in [0.29, 0.717) is 20.7 Å². The molecule has 28 heavy (non-hydrogen) atoms. The minimum absolute atomic E-state index is 0.288. The predicted molar refractivity (Wildman–Crippen MR) is 116 cm³/mol. The molecule has 0 unspecified atom stereocenters. The van der Waals surface area contributed by atoms with Gasteiger partial charge < -0.3 is 9.26 Å². The lowest BCUT2D eigenvalue weighted by molar-refractivity contribution is -0.148. The van der Waals surface area contributed by atoms with Crippen LogP contribution in [0, 0.1) is 6.92 Å². The van der Waals surface area contributed by atoms with E-state index in [-0.39, 0.29) is 6.10 Å². The molecule has 0 saturated carbocycles. The van der Waals surface area contributed by atoms with Crippen LogP contribution in [0.4, 0.5) is 0 Å². The van der Waals surface area contributed by atoms with Crippen molar-refractivity contribution >= 4 is 47.3 Å². The topological polar surface area (TPSA) is 64.6 Å². The summed E-state index contributed by atoms with van der Waals surface area (Å²) in [7, 11) is 0. The standard InChI is InChI=1S/C19H22Cl2NO4PS/c1-12(2)25-19(23)14(4)22-27(24,26-15-8-6-5-7-9-15)28-18-11-16(20)13(3)10-17(18)21/h5-12,14H,1-4H3,(H,22,24)/t14-,27-/m0/s1. The summed E-state index contributed by atoms with van der Waals surface area (Å²) in [5, 5.41) is 3.66. The molecule has 2 aromatic rings. The average molecular weight is 462 g/mol. The Morgan fingerprint density at radius 3 is 2.36 bits per heavy atom. The highest BCUT2D eigenvalue weighted by molar-refractivity contribution is 8.56. The van der Waals surface area contributed by atoms with Gasteiger partial charge >= 0.3 is 12.7 Å². The number of para-hydroxylation sites is 1. The largest absolute Gasteiger partial charge is 0.462 e. The van der Waals surface area contributed by atoms with Gasteiger partial charge in [-0.3, -0.25) is 4.79 Å². The molecule has 0 spiro atoms. The molecular formula is C19H22Cl2NO4PS. The van der Waals surface area contributed by atoms with Crippen LogP contribution in [0.3, 0.4) is 0 Å². The van der Waals surface area contributed by atoms with E-state index >= 15 is 0 Å². The number of hydrogen-bond acceptors (Lipinski definition) is 5. The molecule has 2 aromatic carbocycles. The van der Waals surface area contributed by atoms with Crippen molar-refractivity contribution in [3.8, 4) is 5.75 Å². The SMILES string of the molecule is Cc1cc(Cl)c(S[P@](=O)(N[C@@H](C)C(=O)OC(C)C)Oc2ccccc2)cc1Cl. The van der Waals surface area contributed by atoms with Crippen LogP contribution < -0.4 is 9.61 Å². The minimum atomic E-state index is -3.66. The molecule has 0 radical (unpaired) electrons. The first kappa shape index (κ1) is 23.1. The number of halogens is 2. The molecule has 2 atom stereocenters. The summed E-state index contributed by atoms with van der Waals surface area (Å²) >= 11 is 13.4. The molecule has 2 rings (SSSR count). The van der Waals surface area contributed by atoms with E-state index in [1.165, 1.54) is 0 Å². The van der Waals surface area contributed by atoms with Gasteiger partial charge in [-0.05, 0) is 68.9 Å². The summed E-state index contributed by atoms with van der Waals surface area (Å²) in [5.41, 5.74) is 0.802. The maximum absolute atomic E-state index is 13.6. The van der Waals surface area contributed by atoms with Crippen LogP contribution in [0.15, 0.2) is 47.4 Å². The second-order valence-electron chi connectivity index (χ2n) is 6.36. The normalized spacial score (nSPS) is 14.4. The summed E-state index contributed by atoms with van der Waals surface area (Å²) in [5.74, 6) is -0.134. The first-order valence-electron chi connectivity index (χ1n) is 8.58. The average Bonchev–Trinajstić information content (AvgIpc) is 2.59. The number of carbonyl (C=O) groups excluding carboxylic acids is 1. The first-order chi connectivity index (χ1) is 13.1. The van der Waals surface area contributed by atoms with Gasteiger partial charge in [-0.1, -0.05) is 41.4 Å². The van der Waals surface area contributed by atoms with Gasteiger partial charge in [0, 0.05) is 9.92 Å². The maximum atomic E-state index is 13.6. The summed E-state index contributed by atoms with van der Waals surface area (Å²) in [4.78, 5) is 12.7. The Labute approximate surface area is 179 Å². The van der Waals surface area contributed by atoms with Crippen molar-refractivity contribution in [1.82, 2.24) is 5.09 Å². The summed E-state index contributed by atoms with van der Waals surface area (Å²) < 4.78 is 24.6. The Kier molecular flexibility index (Phi) is 8.29. The highest BCUT2D eigenvalue weighted by Crippen LogP contribution is 2.60. The van der Waals surface area contributed by atoms with Gasteiger partial charge in [-0.15, -0.1) is 0 Å². The molecule has 0 saturated heterocycles. The molecule has 0 bridgehead atoms. The molecule has 0 aliphatic carbocycles. The zero-order chi connectivity index (χ0) is 20.9. The Hall–Kier alpha value is -1.17. The van der Waals surface area contributed by atoms with Crippen molar-refractivity contribution in [3.63, 3.8) is 0 Å². The Balaban J connectivity index is 2.32. The zero-order valence-electron chi connectivity index (χ0n) is 15.9. The van der Waals surface area contributed by atoms with Gasteiger partial charge in [-0.25, -0.2) is 9.65 Å². The van der Waals surface area contributed by atoms with Crippen molar-refractivity contribution in [3.05, 3.63) is 58.1 Å². The van der Waals surface area contributed by atoms with Crippen molar-refractivity contribution < 1.29 is 18.6 Å². The lowest BCUT2D eigenvalue weighted by Gasteiger charge is -2.23. The van der Waals surface area contributed by atoms with E-state index in [9.17, 15) is 9.36 Å².